The van der Waals surface area contributed by atoms with Crippen LogP contribution in [-0.2, 0) is 0 Å². The molecule has 0 spiro atoms. The van der Waals surface area contributed by atoms with E-state index in [0.29, 0.717) is 0 Å². The van der Waals surface area contributed by atoms with Crippen LogP contribution in [0.2, 0.25) is 6.55 Å². The molecule has 0 amide bonds. The highest BCUT2D eigenvalue weighted by molar-refractivity contribution is 6.46. The van der Waals surface area contributed by atoms with Gasteiger partial charge in [0.1, 0.15) is 0 Å². The highest BCUT2D eigenvalue weighted by Crippen LogP contribution is 1.97. The molecule has 0 fully saturated rings. The first-order chi connectivity index (χ1) is 3.98. The van der Waals surface area contributed by atoms with Crippen molar-refractivity contribution in [2.24, 2.45) is 4.78 Å². The molecule has 0 bridgehead atoms. The predicted octanol–water partition coefficient (Wildman–Crippen LogP) is 0.853. The third-order valence-corrected chi connectivity index (χ3v) is 4.02. The van der Waals surface area contributed by atoms with E-state index in [9.17, 15) is 0 Å². The maximum absolute atomic E-state index is 8.08. The first kappa shape index (κ1) is 8.49. The molecule has 1 atom stereocenters. The van der Waals surface area contributed by atoms with E-state index in [1.807, 2.05) is 27.7 Å². The van der Waals surface area contributed by atoms with Crippen LogP contribution in [0.4, 0.5) is 0 Å². The Kier molecular flexibility index (Phi) is 2.70. The van der Waals surface area contributed by atoms with Crippen LogP contribution in [0.3, 0.4) is 0 Å². The number of hydrogen-bond acceptors (Lipinski definition) is 1. The summed E-state index contributed by atoms with van der Waals surface area (Å²) in [4.78, 5) is 2.77. The van der Waals surface area contributed by atoms with Crippen molar-refractivity contribution >= 4 is 9.12 Å². The van der Waals surface area contributed by atoms with Crippen molar-refractivity contribution in [3.05, 3.63) is 10.4 Å². The molecule has 1 unspecified atom stereocenters. The minimum absolute atomic E-state index is 0.810. The van der Waals surface area contributed by atoms with Crippen LogP contribution in [0.5, 0.6) is 0 Å². The van der Waals surface area contributed by atoms with Gasteiger partial charge in [-0.3, -0.25) is 0 Å². The summed E-state index contributed by atoms with van der Waals surface area (Å²) < 4.78 is 4.50. The smallest absolute Gasteiger partial charge is 0.358 e. The van der Waals surface area contributed by atoms with E-state index >= 15 is 0 Å². The van der Waals surface area contributed by atoms with Crippen molar-refractivity contribution in [3.8, 4) is 0 Å². The Hall–Kier alpha value is -0.513. The molecule has 0 heterocycles. The molecule has 5 heteroatoms. The summed E-state index contributed by atoms with van der Waals surface area (Å²) in [6.45, 7) is 2.03. The fraction of sp³-hybridized carbons (Fsp3) is 1.00. The van der Waals surface area contributed by atoms with Gasteiger partial charge in [0.25, 0.3) is 0 Å². The Bertz CT molecular complexity index is 132. The molecule has 0 aliphatic carbocycles. The second-order valence-corrected chi connectivity index (χ2v) is 6.00. The summed E-state index contributed by atoms with van der Waals surface area (Å²) in [5, 5.41) is 0. The van der Waals surface area contributed by atoms with E-state index in [1.165, 1.54) is 0 Å². The fourth-order valence-corrected chi connectivity index (χ4v) is 0.689. The van der Waals surface area contributed by atoms with E-state index in [4.69, 9.17) is 5.53 Å². The Balaban J connectivity index is 4.03. The summed E-state index contributed by atoms with van der Waals surface area (Å²) in [6, 6.07) is 0. The van der Waals surface area contributed by atoms with Crippen molar-refractivity contribution in [2.45, 2.75) is 6.55 Å². The number of hydrogen-bond donors (Lipinski definition) is 0. The quantitative estimate of drug-likeness (QED) is 0.239. The van der Waals surface area contributed by atoms with Gasteiger partial charge in [-0.2, -0.15) is 0 Å². The van der Waals surface area contributed by atoms with Gasteiger partial charge in [0, 0.05) is 4.91 Å². The number of azide groups is 1. The van der Waals surface area contributed by atoms with Gasteiger partial charge in [-0.05, 0) is 12.1 Å². The molecule has 4 nitrogen and oxygen atoms in total. The minimum atomic E-state index is -1.24. The molecule has 0 aliphatic heterocycles. The normalized spacial score (nSPS) is 14.2. The van der Waals surface area contributed by atoms with Crippen LogP contribution in [0.1, 0.15) is 0 Å². The second kappa shape index (κ2) is 2.86. The molecule has 0 aromatic heterocycles. The van der Waals surface area contributed by atoms with Crippen molar-refractivity contribution in [1.82, 2.24) is 0 Å². The van der Waals surface area contributed by atoms with Gasteiger partial charge >= 0.3 is 9.12 Å². The van der Waals surface area contributed by atoms with E-state index in [1.54, 1.807) is 0 Å². The molecule has 0 aliphatic rings. The lowest BCUT2D eigenvalue weighted by Crippen LogP contribution is -2.45. The lowest BCUT2D eigenvalue weighted by molar-refractivity contribution is -0.762. The molecule has 0 N–H and O–H groups in total. The topological polar surface area (TPSA) is 48.8 Å². The molecular formula is C4H13N4Si+. The first-order valence-corrected chi connectivity index (χ1v) is 5.02. The average molecular weight is 145 g/mol. The molecule has 0 saturated heterocycles. The van der Waals surface area contributed by atoms with E-state index in [2.05, 4.69) is 9.69 Å². The van der Waals surface area contributed by atoms with Crippen LogP contribution < -0.4 is 0 Å². The zero-order chi connectivity index (χ0) is 7.49. The molecule has 9 heavy (non-hydrogen) atoms. The summed E-state index contributed by atoms with van der Waals surface area (Å²) in [5.74, 6) is 0. The Morgan fingerprint density at radius 2 is 1.89 bits per heavy atom. The van der Waals surface area contributed by atoms with E-state index in [0.717, 1.165) is 4.15 Å². The lowest BCUT2D eigenvalue weighted by Gasteiger charge is -2.27. The van der Waals surface area contributed by atoms with Crippen LogP contribution in [0, 0.1) is 0 Å². The Labute approximate surface area is 57.1 Å². The van der Waals surface area contributed by atoms with Crippen molar-refractivity contribution < 1.29 is 4.15 Å². The summed E-state index contributed by atoms with van der Waals surface area (Å²) in [5.41, 5.74) is 8.08. The Morgan fingerprint density at radius 3 is 2.00 bits per heavy atom. The first-order valence-electron chi connectivity index (χ1n) is 2.84. The summed E-state index contributed by atoms with van der Waals surface area (Å²) in [6.07, 6.45) is 0. The third kappa shape index (κ3) is 3.13. The molecule has 0 rings (SSSR count). The number of nitrogens with zero attached hydrogens (tertiary/aromatic N) is 4. The molecule has 0 radical (unpaired) electrons. The van der Waals surface area contributed by atoms with Crippen LogP contribution in [0.25, 0.3) is 10.4 Å². The molecule has 0 saturated carbocycles. The number of quaternary nitrogens is 1. The van der Waals surface area contributed by atoms with Gasteiger partial charge in [-0.15, -0.1) is 0 Å². The van der Waals surface area contributed by atoms with E-state index < -0.39 is 9.12 Å². The van der Waals surface area contributed by atoms with Crippen LogP contribution >= 0.6 is 0 Å². The van der Waals surface area contributed by atoms with Gasteiger partial charge in [0.05, 0.1) is 21.1 Å². The monoisotopic (exact) mass is 145 g/mol. The molecule has 0 aromatic carbocycles. The van der Waals surface area contributed by atoms with Gasteiger partial charge in [0.15, 0.2) is 0 Å². The van der Waals surface area contributed by atoms with Gasteiger partial charge in [-0.25, -0.2) is 0 Å². The summed E-state index contributed by atoms with van der Waals surface area (Å²) in [7, 11) is 4.90. The minimum Gasteiger partial charge on any atom is -0.390 e. The second-order valence-electron chi connectivity index (χ2n) is 2.95. The summed E-state index contributed by atoms with van der Waals surface area (Å²) >= 11 is 0. The van der Waals surface area contributed by atoms with Crippen LogP contribution in [0.15, 0.2) is 4.78 Å². The predicted molar refractivity (Wildman–Crippen MR) is 40.2 cm³/mol. The standard InChI is InChI=1S/C4H13N4Si/c1-8(2,3)9(4)7-6-5/h9H,1-4H3/q+1. The zero-order valence-corrected chi connectivity index (χ0v) is 7.52. The number of rotatable bonds is 2. The van der Waals surface area contributed by atoms with Crippen molar-refractivity contribution in [1.29, 1.82) is 0 Å². The molecular weight excluding hydrogens is 132 g/mol. The maximum atomic E-state index is 8.08. The molecule has 52 valence electrons. The highest BCUT2D eigenvalue weighted by Gasteiger charge is 2.18. The largest absolute Gasteiger partial charge is 0.390 e. The van der Waals surface area contributed by atoms with Gasteiger partial charge < -0.3 is 4.15 Å². The van der Waals surface area contributed by atoms with E-state index in [-0.39, 0.29) is 0 Å². The van der Waals surface area contributed by atoms with Gasteiger partial charge in [0.2, 0.25) is 0 Å². The van der Waals surface area contributed by atoms with Gasteiger partial charge in [-0.1, -0.05) is 4.78 Å². The SMILES string of the molecule is C[SiH](N=[N+]=[N-])[N+](C)(C)C. The zero-order valence-electron chi connectivity index (χ0n) is 6.37. The van der Waals surface area contributed by atoms with Crippen LogP contribution in [-0.4, -0.2) is 34.4 Å². The maximum Gasteiger partial charge on any atom is 0.358 e. The lowest BCUT2D eigenvalue weighted by atomic mass is 11.0. The van der Waals surface area contributed by atoms with Crippen molar-refractivity contribution in [2.75, 3.05) is 21.1 Å². The average Bonchev–Trinajstić information content (AvgIpc) is 1.64. The third-order valence-electron chi connectivity index (χ3n) is 1.34. The Morgan fingerprint density at radius 1 is 1.44 bits per heavy atom. The molecule has 0 aromatic rings. The van der Waals surface area contributed by atoms with Crippen molar-refractivity contribution in [3.63, 3.8) is 0 Å². The highest BCUT2D eigenvalue weighted by atomic mass is 28.3. The fourth-order valence-electron chi connectivity index (χ4n) is 0.230.